The zero-order chi connectivity index (χ0) is 14.5. The molecule has 0 unspecified atom stereocenters. The number of nitrogens with one attached hydrogen (secondary N) is 1. The molecule has 1 aromatic carbocycles. The highest BCUT2D eigenvalue weighted by Gasteiger charge is 2.40. The van der Waals surface area contributed by atoms with Crippen LogP contribution >= 0.6 is 0 Å². The minimum atomic E-state index is -4.97. The summed E-state index contributed by atoms with van der Waals surface area (Å²) in [5.41, 5.74) is 8.99. The molecule has 1 amide bonds. The molecule has 0 spiro atoms. The summed E-state index contributed by atoms with van der Waals surface area (Å²) in [4.78, 5) is 13.4. The van der Waals surface area contributed by atoms with Crippen molar-refractivity contribution >= 4 is 5.91 Å². The largest absolute Gasteiger partial charge is 0.471 e. The summed E-state index contributed by atoms with van der Waals surface area (Å²) in [6.07, 6.45) is -4.97. The Morgan fingerprint density at radius 1 is 1.37 bits per heavy atom. The Kier molecular flexibility index (Phi) is 4.77. The quantitative estimate of drug-likeness (QED) is 0.510. The van der Waals surface area contributed by atoms with Crippen molar-refractivity contribution in [2.24, 2.45) is 5.11 Å². The number of hydrogen-bond donors (Lipinski definition) is 1. The summed E-state index contributed by atoms with van der Waals surface area (Å²) in [6.45, 7) is 1.34. The molecule has 8 heteroatoms. The lowest BCUT2D eigenvalue weighted by molar-refractivity contribution is -0.174. The van der Waals surface area contributed by atoms with E-state index < -0.39 is 24.2 Å². The maximum atomic E-state index is 12.1. The Morgan fingerprint density at radius 3 is 2.42 bits per heavy atom. The predicted octanol–water partition coefficient (Wildman–Crippen LogP) is 3.11. The third kappa shape index (κ3) is 4.18. The second kappa shape index (κ2) is 6.10. The van der Waals surface area contributed by atoms with Crippen LogP contribution < -0.4 is 5.32 Å². The Bertz CT molecular complexity index is 482. The van der Waals surface area contributed by atoms with Gasteiger partial charge in [0.2, 0.25) is 0 Å². The number of hydrogen-bond acceptors (Lipinski definition) is 2. The van der Waals surface area contributed by atoms with Crippen LogP contribution in [0.2, 0.25) is 0 Å². The van der Waals surface area contributed by atoms with Crippen molar-refractivity contribution in [3.8, 4) is 0 Å². The van der Waals surface area contributed by atoms with Gasteiger partial charge in [-0.3, -0.25) is 4.79 Å². The van der Waals surface area contributed by atoms with Gasteiger partial charge in [0.15, 0.2) is 0 Å². The molecule has 0 aliphatic rings. The molecule has 0 radical (unpaired) electrons. The van der Waals surface area contributed by atoms with Gasteiger partial charge < -0.3 is 5.32 Å². The lowest BCUT2D eigenvalue weighted by Gasteiger charge is -2.21. The topological polar surface area (TPSA) is 77.9 Å². The lowest BCUT2D eigenvalue weighted by atomic mass is 10.0. The van der Waals surface area contributed by atoms with Gasteiger partial charge in [-0.15, -0.1) is 0 Å². The average Bonchev–Trinajstić information content (AvgIpc) is 2.35. The molecule has 19 heavy (non-hydrogen) atoms. The predicted molar refractivity (Wildman–Crippen MR) is 62.0 cm³/mol. The molecule has 2 atom stereocenters. The van der Waals surface area contributed by atoms with Crippen molar-refractivity contribution in [3.05, 3.63) is 46.3 Å². The van der Waals surface area contributed by atoms with E-state index in [0.717, 1.165) is 0 Å². The third-order valence-electron chi connectivity index (χ3n) is 2.41. The van der Waals surface area contributed by atoms with Gasteiger partial charge in [0.1, 0.15) is 0 Å². The van der Waals surface area contributed by atoms with Crippen LogP contribution in [0.1, 0.15) is 18.5 Å². The Hall–Kier alpha value is -2.21. The molecule has 0 bridgehead atoms. The van der Waals surface area contributed by atoms with Crippen LogP contribution in [-0.2, 0) is 4.79 Å². The second-order valence-electron chi connectivity index (χ2n) is 3.82. The number of nitrogens with zero attached hydrogens (tertiary/aromatic N) is 3. The van der Waals surface area contributed by atoms with Crippen LogP contribution in [0, 0.1) is 0 Å². The molecule has 1 rings (SSSR count). The molecule has 0 fully saturated rings. The van der Waals surface area contributed by atoms with Crippen molar-refractivity contribution in [3.63, 3.8) is 0 Å². The smallest absolute Gasteiger partial charge is 0.345 e. The zero-order valence-corrected chi connectivity index (χ0v) is 9.93. The summed E-state index contributed by atoms with van der Waals surface area (Å²) in [5.74, 6) is -2.06. The minimum Gasteiger partial charge on any atom is -0.345 e. The summed E-state index contributed by atoms with van der Waals surface area (Å²) in [7, 11) is 0. The van der Waals surface area contributed by atoms with Crippen LogP contribution in [-0.4, -0.2) is 18.1 Å². The van der Waals surface area contributed by atoms with E-state index >= 15 is 0 Å². The number of halogens is 3. The number of azide groups is 1. The van der Waals surface area contributed by atoms with E-state index in [2.05, 4.69) is 10.0 Å². The van der Waals surface area contributed by atoms with E-state index in [4.69, 9.17) is 5.53 Å². The van der Waals surface area contributed by atoms with Crippen molar-refractivity contribution in [1.29, 1.82) is 0 Å². The van der Waals surface area contributed by atoms with Gasteiger partial charge in [-0.1, -0.05) is 35.4 Å². The number of carbonyl (C=O) groups excluding carboxylic acids is 1. The molecule has 0 heterocycles. The summed E-state index contributed by atoms with van der Waals surface area (Å²) in [5, 5.41) is 5.20. The van der Waals surface area contributed by atoms with Crippen LogP contribution in [0.3, 0.4) is 0 Å². The molecular weight excluding hydrogens is 261 g/mol. The van der Waals surface area contributed by atoms with E-state index in [1.807, 2.05) is 0 Å². The number of alkyl halides is 3. The van der Waals surface area contributed by atoms with Gasteiger partial charge in [0.25, 0.3) is 0 Å². The van der Waals surface area contributed by atoms with Crippen LogP contribution in [0.25, 0.3) is 10.4 Å². The van der Waals surface area contributed by atoms with E-state index in [1.165, 1.54) is 6.92 Å². The molecule has 0 aromatic heterocycles. The van der Waals surface area contributed by atoms with Crippen LogP contribution in [0.5, 0.6) is 0 Å². The number of rotatable bonds is 4. The molecule has 1 N–H and O–H groups in total. The standard InChI is InChI=1S/C11H11F3N4O/c1-7(16-10(19)11(12,13)14)9(17-18-15)8-5-3-2-4-6-8/h2-7,9H,1H3,(H,16,19)/t7-,9+/m1/s1. The molecule has 0 aliphatic carbocycles. The maximum Gasteiger partial charge on any atom is 0.471 e. The minimum absolute atomic E-state index is 0.523. The summed E-state index contributed by atoms with van der Waals surface area (Å²) < 4.78 is 36.4. The highest BCUT2D eigenvalue weighted by molar-refractivity contribution is 5.82. The first kappa shape index (κ1) is 14.8. The normalized spacial score (nSPS) is 14.1. The van der Waals surface area contributed by atoms with E-state index in [-0.39, 0.29) is 0 Å². The van der Waals surface area contributed by atoms with E-state index in [9.17, 15) is 18.0 Å². The Morgan fingerprint density at radius 2 is 1.95 bits per heavy atom. The van der Waals surface area contributed by atoms with Crippen LogP contribution in [0.4, 0.5) is 13.2 Å². The average molecular weight is 272 g/mol. The van der Waals surface area contributed by atoms with E-state index in [1.54, 1.807) is 35.6 Å². The lowest BCUT2D eigenvalue weighted by Crippen LogP contribution is -2.43. The van der Waals surface area contributed by atoms with Gasteiger partial charge in [0, 0.05) is 11.0 Å². The Labute approximate surface area is 107 Å². The molecule has 102 valence electrons. The number of carbonyl (C=O) groups is 1. The summed E-state index contributed by atoms with van der Waals surface area (Å²) in [6, 6.07) is 6.37. The fourth-order valence-corrected chi connectivity index (χ4v) is 1.53. The molecule has 1 aromatic rings. The Balaban J connectivity index is 2.89. The number of benzene rings is 1. The fraction of sp³-hybridized carbons (Fsp3) is 0.364. The van der Waals surface area contributed by atoms with Gasteiger partial charge in [-0.25, -0.2) is 0 Å². The highest BCUT2D eigenvalue weighted by atomic mass is 19.4. The van der Waals surface area contributed by atoms with Crippen molar-refractivity contribution < 1.29 is 18.0 Å². The first-order chi connectivity index (χ1) is 8.86. The fourth-order valence-electron chi connectivity index (χ4n) is 1.53. The van der Waals surface area contributed by atoms with Gasteiger partial charge in [-0.2, -0.15) is 13.2 Å². The third-order valence-corrected chi connectivity index (χ3v) is 2.41. The maximum absolute atomic E-state index is 12.1. The molecule has 5 nitrogen and oxygen atoms in total. The number of amides is 1. The highest BCUT2D eigenvalue weighted by Crippen LogP contribution is 2.23. The molecule has 0 saturated carbocycles. The van der Waals surface area contributed by atoms with Crippen molar-refractivity contribution in [1.82, 2.24) is 5.32 Å². The van der Waals surface area contributed by atoms with Crippen molar-refractivity contribution in [2.75, 3.05) is 0 Å². The summed E-state index contributed by atoms with van der Waals surface area (Å²) >= 11 is 0. The second-order valence-corrected chi connectivity index (χ2v) is 3.82. The van der Waals surface area contributed by atoms with Crippen molar-refractivity contribution in [2.45, 2.75) is 25.2 Å². The van der Waals surface area contributed by atoms with E-state index in [0.29, 0.717) is 5.56 Å². The molecule has 0 aliphatic heterocycles. The monoisotopic (exact) mass is 272 g/mol. The first-order valence-corrected chi connectivity index (χ1v) is 5.33. The SMILES string of the molecule is C[C@@H](NC(=O)C(F)(F)F)[C@H](N=[N+]=[N-])c1ccccc1. The molecular formula is C11H11F3N4O. The zero-order valence-electron chi connectivity index (χ0n) is 9.93. The van der Waals surface area contributed by atoms with Gasteiger partial charge in [0.05, 0.1) is 6.04 Å². The van der Waals surface area contributed by atoms with Crippen LogP contribution in [0.15, 0.2) is 35.4 Å². The molecule has 0 saturated heterocycles. The van der Waals surface area contributed by atoms with Gasteiger partial charge >= 0.3 is 12.1 Å². The van der Waals surface area contributed by atoms with Gasteiger partial charge in [-0.05, 0) is 18.0 Å². The first-order valence-electron chi connectivity index (χ1n) is 5.33.